The van der Waals surface area contributed by atoms with Crippen LogP contribution in [0.5, 0.6) is 0 Å². The summed E-state index contributed by atoms with van der Waals surface area (Å²) in [5.74, 6) is 1.36. The number of nitrogens with zero attached hydrogens (tertiary/aromatic N) is 5. The quantitative estimate of drug-likeness (QED) is 0.251. The zero-order valence-electron chi connectivity index (χ0n) is 20.3. The molecule has 2 aromatic rings. The molecule has 0 aliphatic carbocycles. The molecule has 1 aromatic heterocycles. The number of hydroxylamine groups is 1. The number of hydrogen-bond donors (Lipinski definition) is 3. The van der Waals surface area contributed by atoms with Crippen LogP contribution in [-0.4, -0.2) is 84.6 Å². The molecule has 0 atom stereocenters. The summed E-state index contributed by atoms with van der Waals surface area (Å²) in [7, 11) is 0. The Bertz CT molecular complexity index is 972. The Balaban J connectivity index is 1.40. The highest BCUT2D eigenvalue weighted by Crippen LogP contribution is 2.24. The molecule has 2 fully saturated rings. The van der Waals surface area contributed by atoms with Crippen molar-refractivity contribution in [2.24, 2.45) is 0 Å². The lowest BCUT2D eigenvalue weighted by Gasteiger charge is -2.30. The largest absolute Gasteiger partial charge is 0.378 e. The molecule has 2 amide bonds. The molecular weight excluding hydrogens is 466 g/mol. The first-order chi connectivity index (χ1) is 17.6. The van der Waals surface area contributed by atoms with E-state index in [4.69, 9.17) is 29.6 Å². The Labute approximate surface area is 210 Å². The van der Waals surface area contributed by atoms with Crippen LogP contribution in [0.3, 0.4) is 0 Å². The van der Waals surface area contributed by atoms with E-state index in [1.165, 1.54) is 0 Å². The molecule has 3 N–H and O–H groups in total. The van der Waals surface area contributed by atoms with E-state index in [9.17, 15) is 9.59 Å². The van der Waals surface area contributed by atoms with Crippen LogP contribution in [0, 0.1) is 0 Å². The first kappa shape index (κ1) is 25.7. The Hall–Kier alpha value is -3.35. The first-order valence-electron chi connectivity index (χ1n) is 12.4. The number of morpholine rings is 2. The lowest BCUT2D eigenvalue weighted by Crippen LogP contribution is -2.40. The zero-order valence-corrected chi connectivity index (χ0v) is 20.3. The van der Waals surface area contributed by atoms with Gasteiger partial charge in [-0.25, -0.2) is 5.48 Å². The lowest BCUT2D eigenvalue weighted by molar-refractivity contribution is -0.129. The number of ether oxygens (including phenoxy) is 2. The van der Waals surface area contributed by atoms with Crippen molar-refractivity contribution < 1.29 is 24.3 Å². The number of nitrogens with one attached hydrogen (secondary N) is 2. The van der Waals surface area contributed by atoms with Crippen LogP contribution < -0.4 is 20.6 Å². The van der Waals surface area contributed by atoms with Crippen molar-refractivity contribution in [1.82, 2.24) is 20.4 Å². The Morgan fingerprint density at radius 1 is 0.778 bits per heavy atom. The molecule has 0 radical (unpaired) electrons. The van der Waals surface area contributed by atoms with Gasteiger partial charge in [-0.05, 0) is 37.1 Å². The van der Waals surface area contributed by atoms with Crippen molar-refractivity contribution in [2.45, 2.75) is 32.1 Å². The van der Waals surface area contributed by atoms with E-state index in [1.807, 2.05) is 24.3 Å². The molecule has 36 heavy (non-hydrogen) atoms. The summed E-state index contributed by atoms with van der Waals surface area (Å²) < 4.78 is 11.0. The molecule has 0 spiro atoms. The predicted molar refractivity (Wildman–Crippen MR) is 133 cm³/mol. The predicted octanol–water partition coefficient (Wildman–Crippen LogP) is 1.61. The van der Waals surface area contributed by atoms with Gasteiger partial charge in [-0.1, -0.05) is 6.42 Å². The number of unbranched alkanes of at least 4 members (excludes halogenated alkanes) is 2. The van der Waals surface area contributed by atoms with E-state index < -0.39 is 5.91 Å². The van der Waals surface area contributed by atoms with Gasteiger partial charge in [-0.2, -0.15) is 15.0 Å². The highest BCUT2D eigenvalue weighted by molar-refractivity contribution is 5.90. The molecule has 1 aromatic carbocycles. The summed E-state index contributed by atoms with van der Waals surface area (Å²) in [6.07, 6.45) is 2.64. The van der Waals surface area contributed by atoms with Crippen molar-refractivity contribution >= 4 is 29.4 Å². The summed E-state index contributed by atoms with van der Waals surface area (Å²) in [5.41, 5.74) is 3.14. The standard InChI is InChI=1S/C24H33N7O5/c32-20(4-2-1-3-5-21(33)29-34)25-19-8-6-18(7-9-19)22-26-23(30-10-14-35-15-11-30)28-24(27-22)31-12-16-36-17-13-31/h6-9,34H,1-5,10-17H2,(H,25,32)(H,29,33). The second kappa shape index (κ2) is 13.1. The molecule has 4 rings (SSSR count). The third kappa shape index (κ3) is 7.33. The van der Waals surface area contributed by atoms with Crippen LogP contribution in [0.2, 0.25) is 0 Å². The minimum atomic E-state index is -0.410. The van der Waals surface area contributed by atoms with Crippen LogP contribution in [0.1, 0.15) is 32.1 Å². The Morgan fingerprint density at radius 3 is 1.83 bits per heavy atom. The number of carbonyl (C=O) groups excluding carboxylic acids is 2. The van der Waals surface area contributed by atoms with Crippen LogP contribution in [0.4, 0.5) is 17.6 Å². The lowest BCUT2D eigenvalue weighted by atomic mass is 10.1. The average molecular weight is 500 g/mol. The molecule has 0 saturated carbocycles. The molecule has 2 saturated heterocycles. The van der Waals surface area contributed by atoms with Gasteiger partial charge in [0.1, 0.15) is 0 Å². The van der Waals surface area contributed by atoms with Gasteiger partial charge in [-0.15, -0.1) is 0 Å². The Morgan fingerprint density at radius 2 is 1.31 bits per heavy atom. The van der Waals surface area contributed by atoms with Crippen molar-refractivity contribution in [1.29, 1.82) is 0 Å². The number of anilines is 3. The number of amides is 2. The van der Waals surface area contributed by atoms with E-state index in [0.29, 0.717) is 69.1 Å². The smallest absolute Gasteiger partial charge is 0.243 e. The van der Waals surface area contributed by atoms with E-state index in [0.717, 1.165) is 38.2 Å². The first-order valence-corrected chi connectivity index (χ1v) is 12.4. The molecular formula is C24H33N7O5. The second-order valence-electron chi connectivity index (χ2n) is 8.68. The fourth-order valence-electron chi connectivity index (χ4n) is 4.02. The van der Waals surface area contributed by atoms with E-state index in [2.05, 4.69) is 15.1 Å². The van der Waals surface area contributed by atoms with Gasteiger partial charge < -0.3 is 24.6 Å². The average Bonchev–Trinajstić information content (AvgIpc) is 2.94. The molecule has 2 aliphatic heterocycles. The number of aromatic nitrogens is 3. The van der Waals surface area contributed by atoms with Gasteiger partial charge in [0.15, 0.2) is 5.82 Å². The van der Waals surface area contributed by atoms with Crippen LogP contribution in [0.15, 0.2) is 24.3 Å². The summed E-state index contributed by atoms with van der Waals surface area (Å²) in [4.78, 5) is 41.7. The fraction of sp³-hybridized carbons (Fsp3) is 0.542. The maximum absolute atomic E-state index is 12.3. The van der Waals surface area contributed by atoms with E-state index >= 15 is 0 Å². The minimum absolute atomic E-state index is 0.0845. The van der Waals surface area contributed by atoms with Crippen molar-refractivity contribution in [3.63, 3.8) is 0 Å². The third-order valence-corrected chi connectivity index (χ3v) is 6.06. The van der Waals surface area contributed by atoms with Gasteiger partial charge in [0.2, 0.25) is 23.7 Å². The SMILES string of the molecule is O=C(CCCCCC(=O)Nc1ccc(-c2nc(N3CCOCC3)nc(N3CCOCC3)n2)cc1)NO. The molecule has 194 valence electrons. The maximum atomic E-state index is 12.3. The van der Waals surface area contributed by atoms with Crippen LogP contribution in [0.25, 0.3) is 11.4 Å². The summed E-state index contributed by atoms with van der Waals surface area (Å²) in [6, 6.07) is 7.46. The van der Waals surface area contributed by atoms with Gasteiger partial charge in [0.05, 0.1) is 26.4 Å². The number of carbonyl (C=O) groups is 2. The minimum Gasteiger partial charge on any atom is -0.378 e. The van der Waals surface area contributed by atoms with Crippen molar-refractivity contribution in [3.8, 4) is 11.4 Å². The van der Waals surface area contributed by atoms with Gasteiger partial charge in [0.25, 0.3) is 0 Å². The highest BCUT2D eigenvalue weighted by atomic mass is 16.5. The summed E-state index contributed by atoms with van der Waals surface area (Å²) in [6.45, 7) is 5.47. The van der Waals surface area contributed by atoms with Crippen molar-refractivity contribution in [3.05, 3.63) is 24.3 Å². The second-order valence-corrected chi connectivity index (χ2v) is 8.68. The molecule has 0 unspecified atom stereocenters. The molecule has 3 heterocycles. The topological polar surface area (TPSA) is 142 Å². The number of rotatable bonds is 10. The van der Waals surface area contributed by atoms with Crippen molar-refractivity contribution in [2.75, 3.05) is 67.7 Å². The van der Waals surface area contributed by atoms with Gasteiger partial charge in [0, 0.05) is 50.3 Å². The Kier molecular flexibility index (Phi) is 9.36. The van der Waals surface area contributed by atoms with Crippen LogP contribution >= 0.6 is 0 Å². The van der Waals surface area contributed by atoms with Gasteiger partial charge >= 0.3 is 0 Å². The zero-order chi connectivity index (χ0) is 25.2. The van der Waals surface area contributed by atoms with Crippen LogP contribution in [-0.2, 0) is 19.1 Å². The maximum Gasteiger partial charge on any atom is 0.243 e. The monoisotopic (exact) mass is 499 g/mol. The summed E-state index contributed by atoms with van der Waals surface area (Å²) >= 11 is 0. The van der Waals surface area contributed by atoms with Gasteiger partial charge in [-0.3, -0.25) is 14.8 Å². The molecule has 12 nitrogen and oxygen atoms in total. The van der Waals surface area contributed by atoms with E-state index in [-0.39, 0.29) is 12.3 Å². The fourth-order valence-corrected chi connectivity index (χ4v) is 4.02. The third-order valence-electron chi connectivity index (χ3n) is 6.06. The number of hydrogen-bond acceptors (Lipinski definition) is 10. The number of benzene rings is 1. The molecule has 12 heteroatoms. The molecule has 0 bridgehead atoms. The normalized spacial score (nSPS) is 16.0. The highest BCUT2D eigenvalue weighted by Gasteiger charge is 2.21. The molecule has 2 aliphatic rings. The summed E-state index contributed by atoms with van der Waals surface area (Å²) in [5, 5.41) is 11.4. The van der Waals surface area contributed by atoms with E-state index in [1.54, 1.807) is 5.48 Å².